The molecule has 2 unspecified atom stereocenters. The molecular weight excluding hydrogens is 232 g/mol. The van der Waals surface area contributed by atoms with Crippen molar-refractivity contribution in [3.05, 3.63) is 34.1 Å². The van der Waals surface area contributed by atoms with Gasteiger partial charge in [-0.05, 0) is 6.07 Å². The summed E-state index contributed by atoms with van der Waals surface area (Å²) in [5, 5.41) is 29.6. The van der Waals surface area contributed by atoms with Crippen LogP contribution in [0.3, 0.4) is 0 Å². The fourth-order valence-electron chi connectivity index (χ4n) is 1.19. The van der Waals surface area contributed by atoms with E-state index >= 15 is 0 Å². The first kappa shape index (κ1) is 13.0. The summed E-state index contributed by atoms with van der Waals surface area (Å²) in [5.74, 6) is -1.10. The number of nitro groups is 1. The Hall–Kier alpha value is -2.06. The van der Waals surface area contributed by atoms with E-state index in [0.29, 0.717) is 0 Å². The number of nitrogens with zero attached hydrogens (tertiary/aromatic N) is 2. The lowest BCUT2D eigenvalue weighted by Crippen LogP contribution is -2.30. The summed E-state index contributed by atoms with van der Waals surface area (Å²) in [6.45, 7) is 0. The van der Waals surface area contributed by atoms with Gasteiger partial charge in [-0.25, -0.2) is 4.79 Å². The predicted octanol–water partition coefficient (Wildman–Crippen LogP) is -0.443. The summed E-state index contributed by atoms with van der Waals surface area (Å²) in [6, 6.07) is 2.41. The van der Waals surface area contributed by atoms with E-state index in [1.165, 1.54) is 12.3 Å². The van der Waals surface area contributed by atoms with Gasteiger partial charge >= 0.3 is 5.97 Å². The summed E-state index contributed by atoms with van der Waals surface area (Å²) in [6.07, 6.45) is -2.53. The predicted molar refractivity (Wildman–Crippen MR) is 53.9 cm³/mol. The Labute approximate surface area is 95.6 Å². The lowest BCUT2D eigenvalue weighted by atomic mass is 10.1. The number of carbonyl (C=O) groups excluding carboxylic acids is 1. The summed E-state index contributed by atoms with van der Waals surface area (Å²) in [4.78, 5) is 24.4. The molecule has 8 heteroatoms. The van der Waals surface area contributed by atoms with Gasteiger partial charge in [0.2, 0.25) is 0 Å². The normalized spacial score (nSPS) is 13.8. The Morgan fingerprint density at radius 3 is 2.76 bits per heavy atom. The molecule has 0 aromatic carbocycles. The molecular formula is C9H10N2O6. The minimum Gasteiger partial charge on any atom is -0.467 e. The maximum Gasteiger partial charge on any atom is 0.337 e. The van der Waals surface area contributed by atoms with Crippen molar-refractivity contribution in [3.8, 4) is 0 Å². The molecule has 17 heavy (non-hydrogen) atoms. The minimum absolute atomic E-state index is 0.393. The van der Waals surface area contributed by atoms with Crippen LogP contribution >= 0.6 is 0 Å². The molecule has 0 bridgehead atoms. The van der Waals surface area contributed by atoms with Crippen LogP contribution in [0.2, 0.25) is 0 Å². The molecule has 0 amide bonds. The number of rotatable bonds is 4. The summed E-state index contributed by atoms with van der Waals surface area (Å²) < 4.78 is 4.21. The zero-order valence-electron chi connectivity index (χ0n) is 8.81. The first-order chi connectivity index (χ1) is 7.99. The number of ether oxygens (including phenoxy) is 1. The number of aromatic nitrogens is 1. The van der Waals surface area contributed by atoms with Crippen molar-refractivity contribution in [2.45, 2.75) is 12.2 Å². The van der Waals surface area contributed by atoms with Gasteiger partial charge in [0.05, 0.1) is 12.0 Å². The zero-order valence-corrected chi connectivity index (χ0v) is 8.81. The van der Waals surface area contributed by atoms with E-state index in [1.807, 2.05) is 0 Å². The van der Waals surface area contributed by atoms with Crippen molar-refractivity contribution in [2.24, 2.45) is 0 Å². The van der Waals surface area contributed by atoms with Gasteiger partial charge in [-0.15, -0.1) is 0 Å². The van der Waals surface area contributed by atoms with Gasteiger partial charge < -0.3 is 14.9 Å². The van der Waals surface area contributed by atoms with Crippen molar-refractivity contribution in [1.82, 2.24) is 4.98 Å². The first-order valence-corrected chi connectivity index (χ1v) is 4.52. The molecule has 0 aliphatic heterocycles. The van der Waals surface area contributed by atoms with Crippen LogP contribution in [0.5, 0.6) is 0 Å². The number of aliphatic hydroxyl groups is 2. The lowest BCUT2D eigenvalue weighted by Gasteiger charge is -2.14. The highest BCUT2D eigenvalue weighted by Crippen LogP contribution is 2.24. The number of aliphatic hydroxyl groups excluding tert-OH is 2. The largest absolute Gasteiger partial charge is 0.467 e. The third-order valence-corrected chi connectivity index (χ3v) is 2.03. The molecule has 0 aliphatic rings. The molecule has 1 aromatic rings. The van der Waals surface area contributed by atoms with Crippen LogP contribution in [0, 0.1) is 10.1 Å². The number of hydrogen-bond donors (Lipinski definition) is 2. The van der Waals surface area contributed by atoms with Gasteiger partial charge in [0.15, 0.2) is 6.10 Å². The van der Waals surface area contributed by atoms with E-state index in [0.717, 1.165) is 13.2 Å². The molecule has 0 aliphatic carbocycles. The van der Waals surface area contributed by atoms with Gasteiger partial charge in [-0.2, -0.15) is 0 Å². The summed E-state index contributed by atoms with van der Waals surface area (Å²) in [7, 11) is 1.02. The molecule has 1 aromatic heterocycles. The van der Waals surface area contributed by atoms with E-state index in [4.69, 9.17) is 0 Å². The number of hydrogen-bond acceptors (Lipinski definition) is 7. The molecule has 1 rings (SSSR count). The SMILES string of the molecule is COC(=O)C(O)C(O)c1ncccc1[N+](=O)[O-]. The Bertz CT molecular complexity index is 435. The van der Waals surface area contributed by atoms with E-state index in [1.54, 1.807) is 0 Å². The molecule has 8 nitrogen and oxygen atoms in total. The van der Waals surface area contributed by atoms with Crippen molar-refractivity contribution in [1.29, 1.82) is 0 Å². The Morgan fingerprint density at radius 1 is 1.59 bits per heavy atom. The molecule has 2 atom stereocenters. The molecule has 2 N–H and O–H groups in total. The second-order valence-corrected chi connectivity index (χ2v) is 3.08. The standard InChI is InChI=1S/C9H10N2O6/c1-17-9(14)8(13)7(12)6-5(11(15)16)3-2-4-10-6/h2-4,7-8,12-13H,1H3. The van der Waals surface area contributed by atoms with Crippen molar-refractivity contribution in [2.75, 3.05) is 7.11 Å². The van der Waals surface area contributed by atoms with Crippen LogP contribution < -0.4 is 0 Å². The Morgan fingerprint density at radius 2 is 2.24 bits per heavy atom. The zero-order chi connectivity index (χ0) is 13.0. The van der Waals surface area contributed by atoms with Crippen LogP contribution in [0.1, 0.15) is 11.8 Å². The summed E-state index contributed by atoms with van der Waals surface area (Å²) in [5.41, 5.74) is -0.877. The topological polar surface area (TPSA) is 123 Å². The molecule has 0 saturated heterocycles. The maximum atomic E-state index is 11.0. The van der Waals surface area contributed by atoms with Crippen LogP contribution in [-0.4, -0.2) is 39.3 Å². The number of methoxy groups -OCH3 is 1. The Kier molecular flexibility index (Phi) is 4.07. The maximum absolute atomic E-state index is 11.0. The lowest BCUT2D eigenvalue weighted by molar-refractivity contribution is -0.386. The summed E-state index contributed by atoms with van der Waals surface area (Å²) >= 11 is 0. The minimum atomic E-state index is -1.92. The monoisotopic (exact) mass is 242 g/mol. The third kappa shape index (κ3) is 2.74. The van der Waals surface area contributed by atoms with Gasteiger partial charge in [-0.3, -0.25) is 15.1 Å². The van der Waals surface area contributed by atoms with E-state index in [-0.39, 0.29) is 0 Å². The molecule has 0 saturated carbocycles. The molecule has 0 spiro atoms. The molecule has 92 valence electrons. The van der Waals surface area contributed by atoms with Crippen molar-refractivity contribution in [3.63, 3.8) is 0 Å². The van der Waals surface area contributed by atoms with E-state index in [2.05, 4.69) is 9.72 Å². The highest BCUT2D eigenvalue weighted by atomic mass is 16.6. The number of esters is 1. The van der Waals surface area contributed by atoms with E-state index < -0.39 is 34.5 Å². The second kappa shape index (κ2) is 5.32. The quantitative estimate of drug-likeness (QED) is 0.416. The van der Waals surface area contributed by atoms with Crippen molar-refractivity contribution < 1.29 is 24.7 Å². The number of pyridine rings is 1. The average Bonchev–Trinajstić information content (AvgIpc) is 2.35. The van der Waals surface area contributed by atoms with Crippen molar-refractivity contribution >= 4 is 11.7 Å². The van der Waals surface area contributed by atoms with Gasteiger partial charge in [-0.1, -0.05) is 0 Å². The number of carbonyl (C=O) groups is 1. The molecule has 1 heterocycles. The van der Waals surface area contributed by atoms with Crippen LogP contribution in [0.15, 0.2) is 18.3 Å². The second-order valence-electron chi connectivity index (χ2n) is 3.08. The highest BCUT2D eigenvalue weighted by Gasteiger charge is 2.32. The molecule has 0 fully saturated rings. The van der Waals surface area contributed by atoms with Gasteiger partial charge in [0.25, 0.3) is 5.69 Å². The third-order valence-electron chi connectivity index (χ3n) is 2.03. The van der Waals surface area contributed by atoms with E-state index in [9.17, 15) is 25.1 Å². The Balaban J connectivity index is 3.07. The average molecular weight is 242 g/mol. The molecule has 0 radical (unpaired) electrons. The fraction of sp³-hybridized carbons (Fsp3) is 0.333. The fourth-order valence-corrected chi connectivity index (χ4v) is 1.19. The van der Waals surface area contributed by atoms with Crippen LogP contribution in [0.4, 0.5) is 5.69 Å². The van der Waals surface area contributed by atoms with Crippen LogP contribution in [-0.2, 0) is 9.53 Å². The van der Waals surface area contributed by atoms with Gasteiger partial charge in [0, 0.05) is 12.3 Å². The smallest absolute Gasteiger partial charge is 0.337 e. The van der Waals surface area contributed by atoms with Crippen LogP contribution in [0.25, 0.3) is 0 Å². The first-order valence-electron chi connectivity index (χ1n) is 4.52. The highest BCUT2D eigenvalue weighted by molar-refractivity contribution is 5.75. The van der Waals surface area contributed by atoms with Gasteiger partial charge in [0.1, 0.15) is 11.8 Å².